The van der Waals surface area contributed by atoms with Crippen LogP contribution in [0.4, 0.5) is 0 Å². The molecule has 2 fully saturated rings. The molecule has 2 aliphatic heterocycles. The first-order valence-corrected chi connectivity index (χ1v) is 8.51. The number of hydrogen-bond donors (Lipinski definition) is 1. The molecule has 1 aromatic rings. The highest BCUT2D eigenvalue weighted by Gasteiger charge is 2.26. The number of ether oxygens (including phenoxy) is 2. The molecular weight excluding hydrogens is 292 g/mol. The predicted molar refractivity (Wildman–Crippen MR) is 88.3 cm³/mol. The Morgan fingerprint density at radius 1 is 1.30 bits per heavy atom. The van der Waals surface area contributed by atoms with E-state index in [-0.39, 0.29) is 18.1 Å². The van der Waals surface area contributed by atoms with Crippen LogP contribution in [0.5, 0.6) is 0 Å². The standard InChI is InChI=1S/C18H26N2O3/c1-14-5-2-3-7-16(14)17-13-20(8-10-23-17)18(21)12-19-11-15-6-4-9-22-15/h2-3,5,7,15,17,19H,4,6,8-13H2,1H3/t15-,17-/m1/s1. The zero-order valence-electron chi connectivity index (χ0n) is 13.8. The van der Waals surface area contributed by atoms with Crippen LogP contribution in [-0.2, 0) is 14.3 Å². The maximum absolute atomic E-state index is 12.4. The molecule has 0 aromatic heterocycles. The first kappa shape index (κ1) is 16.4. The average Bonchev–Trinajstić information content (AvgIpc) is 3.09. The van der Waals surface area contributed by atoms with Crippen molar-refractivity contribution < 1.29 is 14.3 Å². The lowest BCUT2D eigenvalue weighted by molar-refractivity contribution is -0.138. The summed E-state index contributed by atoms with van der Waals surface area (Å²) in [7, 11) is 0. The molecule has 1 N–H and O–H groups in total. The number of benzene rings is 1. The van der Waals surface area contributed by atoms with Gasteiger partial charge in [-0.2, -0.15) is 0 Å². The quantitative estimate of drug-likeness (QED) is 0.897. The minimum Gasteiger partial charge on any atom is -0.377 e. The molecule has 2 aliphatic rings. The Bertz CT molecular complexity index is 529. The molecule has 5 nitrogen and oxygen atoms in total. The molecule has 1 amide bonds. The summed E-state index contributed by atoms with van der Waals surface area (Å²) in [4.78, 5) is 14.3. The fraction of sp³-hybridized carbons (Fsp3) is 0.611. The minimum absolute atomic E-state index is 0.0212. The molecule has 3 rings (SSSR count). The van der Waals surface area contributed by atoms with Crippen LogP contribution in [0.1, 0.15) is 30.1 Å². The number of aryl methyl sites for hydroxylation is 1. The van der Waals surface area contributed by atoms with Crippen LogP contribution in [0, 0.1) is 6.92 Å². The van der Waals surface area contributed by atoms with Crippen molar-refractivity contribution in [1.29, 1.82) is 0 Å². The normalized spacial score (nSPS) is 24.8. The van der Waals surface area contributed by atoms with E-state index in [0.717, 1.165) is 26.0 Å². The van der Waals surface area contributed by atoms with Gasteiger partial charge in [0.15, 0.2) is 0 Å². The third-order valence-corrected chi connectivity index (χ3v) is 4.63. The molecular formula is C18H26N2O3. The molecule has 2 heterocycles. The molecule has 0 saturated carbocycles. The highest BCUT2D eigenvalue weighted by Crippen LogP contribution is 2.24. The molecule has 0 radical (unpaired) electrons. The van der Waals surface area contributed by atoms with Crippen LogP contribution in [-0.4, -0.2) is 56.3 Å². The summed E-state index contributed by atoms with van der Waals surface area (Å²) < 4.78 is 11.4. The minimum atomic E-state index is -0.0212. The Labute approximate surface area is 137 Å². The van der Waals surface area contributed by atoms with E-state index in [4.69, 9.17) is 9.47 Å². The summed E-state index contributed by atoms with van der Waals surface area (Å²) in [6.45, 7) is 5.97. The Balaban J connectivity index is 1.49. The number of amides is 1. The molecule has 0 bridgehead atoms. The van der Waals surface area contributed by atoms with E-state index in [2.05, 4.69) is 24.4 Å². The number of carbonyl (C=O) groups is 1. The number of nitrogens with one attached hydrogen (secondary N) is 1. The van der Waals surface area contributed by atoms with Crippen LogP contribution < -0.4 is 5.32 Å². The largest absolute Gasteiger partial charge is 0.377 e. The van der Waals surface area contributed by atoms with Crippen LogP contribution in [0.15, 0.2) is 24.3 Å². The molecule has 2 saturated heterocycles. The maximum Gasteiger partial charge on any atom is 0.236 e. The maximum atomic E-state index is 12.4. The molecule has 5 heteroatoms. The smallest absolute Gasteiger partial charge is 0.236 e. The summed E-state index contributed by atoms with van der Waals surface area (Å²) in [5.74, 6) is 0.143. The number of carbonyl (C=O) groups excluding carboxylic acids is 1. The van der Waals surface area contributed by atoms with E-state index in [1.807, 2.05) is 17.0 Å². The van der Waals surface area contributed by atoms with E-state index < -0.39 is 0 Å². The van der Waals surface area contributed by atoms with Crippen LogP contribution >= 0.6 is 0 Å². The fourth-order valence-corrected chi connectivity index (χ4v) is 3.27. The fourth-order valence-electron chi connectivity index (χ4n) is 3.27. The van der Waals surface area contributed by atoms with Gasteiger partial charge in [-0.3, -0.25) is 4.79 Å². The second-order valence-corrected chi connectivity index (χ2v) is 6.32. The monoisotopic (exact) mass is 318 g/mol. The Morgan fingerprint density at radius 3 is 2.96 bits per heavy atom. The zero-order valence-corrected chi connectivity index (χ0v) is 13.8. The van der Waals surface area contributed by atoms with Gasteiger partial charge in [-0.15, -0.1) is 0 Å². The Morgan fingerprint density at radius 2 is 2.17 bits per heavy atom. The van der Waals surface area contributed by atoms with E-state index in [1.54, 1.807) is 0 Å². The van der Waals surface area contributed by atoms with Gasteiger partial charge < -0.3 is 19.7 Å². The highest BCUT2D eigenvalue weighted by atomic mass is 16.5. The van der Waals surface area contributed by atoms with Gasteiger partial charge in [0.05, 0.1) is 25.8 Å². The summed E-state index contributed by atoms with van der Waals surface area (Å²) in [5, 5.41) is 3.23. The molecule has 23 heavy (non-hydrogen) atoms. The van der Waals surface area contributed by atoms with Crippen molar-refractivity contribution in [2.45, 2.75) is 32.0 Å². The predicted octanol–water partition coefficient (Wildman–Crippen LogP) is 1.66. The van der Waals surface area contributed by atoms with Crippen molar-refractivity contribution in [3.63, 3.8) is 0 Å². The van der Waals surface area contributed by atoms with Gasteiger partial charge in [0, 0.05) is 19.7 Å². The summed E-state index contributed by atoms with van der Waals surface area (Å²) in [6, 6.07) is 8.22. The van der Waals surface area contributed by atoms with Crippen LogP contribution in [0.25, 0.3) is 0 Å². The van der Waals surface area contributed by atoms with Crippen molar-refractivity contribution in [1.82, 2.24) is 10.2 Å². The Hall–Kier alpha value is -1.43. The van der Waals surface area contributed by atoms with Gasteiger partial charge >= 0.3 is 0 Å². The van der Waals surface area contributed by atoms with Crippen LogP contribution in [0.2, 0.25) is 0 Å². The molecule has 0 spiro atoms. The molecule has 2 atom stereocenters. The van der Waals surface area contributed by atoms with Crippen molar-refractivity contribution in [3.05, 3.63) is 35.4 Å². The van der Waals surface area contributed by atoms with Gasteiger partial charge in [-0.25, -0.2) is 0 Å². The highest BCUT2D eigenvalue weighted by molar-refractivity contribution is 5.78. The van der Waals surface area contributed by atoms with Gasteiger partial charge in [-0.05, 0) is 30.9 Å². The first-order chi connectivity index (χ1) is 11.2. The molecule has 0 aliphatic carbocycles. The number of nitrogens with zero attached hydrogens (tertiary/aromatic N) is 1. The van der Waals surface area contributed by atoms with E-state index in [0.29, 0.717) is 26.2 Å². The van der Waals surface area contributed by atoms with Crippen molar-refractivity contribution >= 4 is 5.91 Å². The van der Waals surface area contributed by atoms with Gasteiger partial charge in [0.25, 0.3) is 0 Å². The number of morpholine rings is 1. The number of rotatable bonds is 5. The SMILES string of the molecule is Cc1ccccc1[C@H]1CN(C(=O)CNC[C@H]2CCCO2)CCO1. The third kappa shape index (κ3) is 4.31. The van der Waals surface area contributed by atoms with Gasteiger partial charge in [0.2, 0.25) is 5.91 Å². The zero-order chi connectivity index (χ0) is 16.1. The summed E-state index contributed by atoms with van der Waals surface area (Å²) in [5.41, 5.74) is 2.39. The second kappa shape index (κ2) is 7.90. The van der Waals surface area contributed by atoms with Gasteiger partial charge in [0.1, 0.15) is 6.10 Å². The lowest BCUT2D eigenvalue weighted by Gasteiger charge is -2.34. The van der Waals surface area contributed by atoms with E-state index in [9.17, 15) is 4.79 Å². The van der Waals surface area contributed by atoms with E-state index in [1.165, 1.54) is 11.1 Å². The van der Waals surface area contributed by atoms with Crippen molar-refractivity contribution in [3.8, 4) is 0 Å². The van der Waals surface area contributed by atoms with E-state index >= 15 is 0 Å². The molecule has 0 unspecified atom stereocenters. The third-order valence-electron chi connectivity index (χ3n) is 4.63. The molecule has 126 valence electrons. The molecule has 1 aromatic carbocycles. The van der Waals surface area contributed by atoms with Crippen molar-refractivity contribution in [2.75, 3.05) is 39.4 Å². The summed E-state index contributed by atoms with van der Waals surface area (Å²) >= 11 is 0. The lowest BCUT2D eigenvalue weighted by Crippen LogP contribution is -2.46. The second-order valence-electron chi connectivity index (χ2n) is 6.32. The number of hydrogen-bond acceptors (Lipinski definition) is 4. The average molecular weight is 318 g/mol. The van der Waals surface area contributed by atoms with Crippen LogP contribution in [0.3, 0.4) is 0 Å². The van der Waals surface area contributed by atoms with Crippen molar-refractivity contribution in [2.24, 2.45) is 0 Å². The lowest BCUT2D eigenvalue weighted by atomic mass is 10.0. The topological polar surface area (TPSA) is 50.8 Å². The first-order valence-electron chi connectivity index (χ1n) is 8.51. The summed E-state index contributed by atoms with van der Waals surface area (Å²) in [6.07, 6.45) is 2.47. The van der Waals surface area contributed by atoms with Gasteiger partial charge in [-0.1, -0.05) is 24.3 Å². The Kier molecular flexibility index (Phi) is 5.65.